The van der Waals surface area contributed by atoms with Crippen LogP contribution in [0.3, 0.4) is 0 Å². The fourth-order valence-corrected chi connectivity index (χ4v) is 4.54. The molecule has 1 aliphatic carbocycles. The number of furan rings is 1. The van der Waals surface area contributed by atoms with Crippen molar-refractivity contribution in [1.82, 2.24) is 20.3 Å². The number of anilines is 1. The molecule has 0 saturated heterocycles. The summed E-state index contributed by atoms with van der Waals surface area (Å²) < 4.78 is 7.37. The van der Waals surface area contributed by atoms with E-state index < -0.39 is 6.03 Å². The van der Waals surface area contributed by atoms with Crippen LogP contribution in [0.15, 0.2) is 71.3 Å². The van der Waals surface area contributed by atoms with Gasteiger partial charge in [0.05, 0.1) is 6.20 Å². The van der Waals surface area contributed by atoms with Gasteiger partial charge in [0, 0.05) is 17.8 Å². The van der Waals surface area contributed by atoms with Crippen molar-refractivity contribution in [2.75, 3.05) is 11.9 Å². The first-order chi connectivity index (χ1) is 17.0. The molecule has 0 bridgehead atoms. The van der Waals surface area contributed by atoms with Crippen LogP contribution in [0.4, 0.5) is 10.5 Å². The van der Waals surface area contributed by atoms with Gasteiger partial charge in [0.1, 0.15) is 18.0 Å². The van der Waals surface area contributed by atoms with E-state index in [0.717, 1.165) is 24.8 Å². The molecule has 2 aromatic heterocycles. The minimum Gasteiger partial charge on any atom is -0.454 e. The van der Waals surface area contributed by atoms with E-state index in [1.807, 2.05) is 6.07 Å². The summed E-state index contributed by atoms with van der Waals surface area (Å²) >= 11 is 0. The van der Waals surface area contributed by atoms with E-state index in [2.05, 4.69) is 45.2 Å². The van der Waals surface area contributed by atoms with Crippen molar-refractivity contribution in [3.05, 3.63) is 89.5 Å². The summed E-state index contributed by atoms with van der Waals surface area (Å²) in [6.45, 7) is 0.933. The second kappa shape index (κ2) is 9.84. The van der Waals surface area contributed by atoms with Crippen molar-refractivity contribution < 1.29 is 14.0 Å². The molecule has 0 spiro atoms. The topological polar surface area (TPSA) is 128 Å². The molecule has 0 fully saturated rings. The van der Waals surface area contributed by atoms with E-state index in [-0.39, 0.29) is 11.7 Å². The van der Waals surface area contributed by atoms with E-state index in [4.69, 9.17) is 10.2 Å². The highest BCUT2D eigenvalue weighted by atomic mass is 16.4. The Morgan fingerprint density at radius 1 is 1.11 bits per heavy atom. The molecule has 0 aliphatic heterocycles. The Labute approximate surface area is 202 Å². The van der Waals surface area contributed by atoms with E-state index in [9.17, 15) is 9.59 Å². The largest absolute Gasteiger partial charge is 0.454 e. The molecule has 9 heteroatoms. The van der Waals surface area contributed by atoms with Crippen LogP contribution >= 0.6 is 0 Å². The monoisotopic (exact) mass is 470 g/mol. The number of carbonyl (C=O) groups is 2. The van der Waals surface area contributed by atoms with Crippen LogP contribution in [-0.4, -0.2) is 33.5 Å². The van der Waals surface area contributed by atoms with Gasteiger partial charge in [-0.3, -0.25) is 4.79 Å². The van der Waals surface area contributed by atoms with Gasteiger partial charge in [0.2, 0.25) is 0 Å². The molecule has 35 heavy (non-hydrogen) atoms. The average molecular weight is 471 g/mol. The zero-order chi connectivity index (χ0) is 24.2. The van der Waals surface area contributed by atoms with Gasteiger partial charge in [0.25, 0.3) is 5.91 Å². The van der Waals surface area contributed by atoms with Crippen LogP contribution in [0.5, 0.6) is 0 Å². The summed E-state index contributed by atoms with van der Waals surface area (Å²) in [4.78, 5) is 23.6. The number of fused-ring (bicyclic) bond motifs is 1. The average Bonchev–Trinajstić information content (AvgIpc) is 3.60. The summed E-state index contributed by atoms with van der Waals surface area (Å²) in [7, 11) is 0. The molecule has 2 heterocycles. The summed E-state index contributed by atoms with van der Waals surface area (Å²) in [6.07, 6.45) is 4.92. The van der Waals surface area contributed by atoms with Gasteiger partial charge in [-0.2, -0.15) is 0 Å². The van der Waals surface area contributed by atoms with Crippen LogP contribution in [0.2, 0.25) is 0 Å². The molecule has 3 amide bonds. The van der Waals surface area contributed by atoms with Crippen molar-refractivity contribution in [3.8, 4) is 11.3 Å². The Bertz CT molecular complexity index is 1360. The summed E-state index contributed by atoms with van der Waals surface area (Å²) in [5, 5.41) is 13.8. The number of nitrogens with two attached hydrogens (primary N) is 1. The number of aryl methyl sites for hydroxylation is 1. The lowest BCUT2D eigenvalue weighted by Gasteiger charge is -2.11. The molecule has 178 valence electrons. The lowest BCUT2D eigenvalue weighted by Crippen LogP contribution is -2.25. The highest BCUT2D eigenvalue weighted by Crippen LogP contribution is 2.34. The van der Waals surface area contributed by atoms with Crippen molar-refractivity contribution in [2.45, 2.75) is 31.7 Å². The number of hydrogen-bond donors (Lipinski definition) is 3. The van der Waals surface area contributed by atoms with Crippen LogP contribution in [-0.2, 0) is 13.0 Å². The first-order valence-electron chi connectivity index (χ1n) is 11.6. The Morgan fingerprint density at radius 3 is 2.89 bits per heavy atom. The Hall–Kier alpha value is -4.40. The van der Waals surface area contributed by atoms with Crippen LogP contribution in [0.1, 0.15) is 46.2 Å². The van der Waals surface area contributed by atoms with Crippen LogP contribution < -0.4 is 16.4 Å². The molecule has 4 N–H and O–H groups in total. The SMILES string of the molecule is NC(=O)Nc1cccc(-c2cn(Cc3ccc(C(=O)NCCC4CCc5ccccc54)o3)nn2)c1. The Balaban J connectivity index is 1.15. The predicted octanol–water partition coefficient (Wildman–Crippen LogP) is 3.93. The second-order valence-electron chi connectivity index (χ2n) is 8.62. The first kappa shape index (κ1) is 22.4. The zero-order valence-electron chi connectivity index (χ0n) is 19.1. The number of nitrogens with one attached hydrogen (secondary N) is 2. The first-order valence-corrected chi connectivity index (χ1v) is 11.6. The van der Waals surface area contributed by atoms with E-state index >= 15 is 0 Å². The van der Waals surface area contributed by atoms with Gasteiger partial charge in [-0.05, 0) is 60.6 Å². The number of rotatable bonds is 8. The molecule has 0 radical (unpaired) electrons. The van der Waals surface area contributed by atoms with Gasteiger partial charge in [-0.15, -0.1) is 5.10 Å². The predicted molar refractivity (Wildman–Crippen MR) is 131 cm³/mol. The van der Waals surface area contributed by atoms with Gasteiger partial charge in [-0.25, -0.2) is 9.48 Å². The van der Waals surface area contributed by atoms with Gasteiger partial charge in [-0.1, -0.05) is 41.6 Å². The van der Waals surface area contributed by atoms with E-state index in [1.54, 1.807) is 41.2 Å². The van der Waals surface area contributed by atoms with Crippen LogP contribution in [0, 0.1) is 0 Å². The second-order valence-corrected chi connectivity index (χ2v) is 8.62. The normalized spacial score (nSPS) is 14.5. The summed E-state index contributed by atoms with van der Waals surface area (Å²) in [6, 6.07) is 18.5. The van der Waals surface area contributed by atoms with Gasteiger partial charge >= 0.3 is 6.03 Å². The van der Waals surface area contributed by atoms with Crippen molar-refractivity contribution in [3.63, 3.8) is 0 Å². The fraction of sp³-hybridized carbons (Fsp3) is 0.231. The highest BCUT2D eigenvalue weighted by Gasteiger charge is 2.22. The maximum Gasteiger partial charge on any atom is 0.316 e. The molecule has 5 rings (SSSR count). The number of urea groups is 1. The molecular formula is C26H26N6O3. The summed E-state index contributed by atoms with van der Waals surface area (Å²) in [5.41, 5.74) is 10.00. The third-order valence-electron chi connectivity index (χ3n) is 6.20. The highest BCUT2D eigenvalue weighted by molar-refractivity contribution is 5.91. The van der Waals surface area contributed by atoms with Crippen molar-refractivity contribution >= 4 is 17.6 Å². The quantitative estimate of drug-likeness (QED) is 0.359. The fourth-order valence-electron chi connectivity index (χ4n) is 4.54. The molecule has 1 atom stereocenters. The molecule has 2 aromatic carbocycles. The molecule has 4 aromatic rings. The van der Waals surface area contributed by atoms with Crippen molar-refractivity contribution in [1.29, 1.82) is 0 Å². The number of amides is 3. The Kier molecular flexibility index (Phi) is 6.30. The summed E-state index contributed by atoms with van der Waals surface area (Å²) in [5.74, 6) is 1.14. The molecule has 1 aliphatic rings. The minimum atomic E-state index is -0.632. The smallest absolute Gasteiger partial charge is 0.316 e. The number of carbonyl (C=O) groups excluding carboxylic acids is 2. The van der Waals surface area contributed by atoms with Gasteiger partial charge in [0.15, 0.2) is 5.76 Å². The maximum atomic E-state index is 12.5. The third kappa shape index (κ3) is 5.24. The maximum absolute atomic E-state index is 12.5. The number of primary amides is 1. The molecule has 9 nitrogen and oxygen atoms in total. The van der Waals surface area contributed by atoms with Gasteiger partial charge < -0.3 is 20.8 Å². The zero-order valence-corrected chi connectivity index (χ0v) is 19.1. The third-order valence-corrected chi connectivity index (χ3v) is 6.20. The molecular weight excluding hydrogens is 444 g/mol. The number of hydrogen-bond acceptors (Lipinski definition) is 5. The lowest BCUT2D eigenvalue weighted by molar-refractivity contribution is 0.0922. The minimum absolute atomic E-state index is 0.222. The van der Waals surface area contributed by atoms with Crippen LogP contribution in [0.25, 0.3) is 11.3 Å². The number of aromatic nitrogens is 3. The lowest BCUT2D eigenvalue weighted by atomic mass is 9.98. The number of benzene rings is 2. The van der Waals surface area contributed by atoms with E-state index in [0.29, 0.717) is 36.1 Å². The standard InChI is InChI=1S/C26H26N6O3/c27-26(34)29-20-6-3-5-19(14-20)23-16-32(31-30-23)15-21-10-11-24(35-21)25(33)28-13-12-18-9-8-17-4-1-2-7-22(17)18/h1-7,10-11,14,16,18H,8-9,12-13,15H2,(H,28,33)(H3,27,29,34). The molecule has 1 unspecified atom stereocenters. The van der Waals surface area contributed by atoms with Crippen molar-refractivity contribution in [2.24, 2.45) is 5.73 Å². The molecule has 0 saturated carbocycles. The number of nitrogens with zero attached hydrogens (tertiary/aromatic N) is 3. The van der Waals surface area contributed by atoms with E-state index in [1.165, 1.54) is 11.1 Å². The Morgan fingerprint density at radius 2 is 2.00 bits per heavy atom.